The van der Waals surface area contributed by atoms with Gasteiger partial charge >= 0.3 is 0 Å². The van der Waals surface area contributed by atoms with Crippen LogP contribution in [0.4, 0.5) is 0 Å². The van der Waals surface area contributed by atoms with Crippen LogP contribution in [-0.2, 0) is 0 Å². The highest BCUT2D eigenvalue weighted by atomic mass is 32.1. The molecule has 0 radical (unpaired) electrons. The van der Waals surface area contributed by atoms with Gasteiger partial charge in [0, 0.05) is 5.39 Å². The number of hydrogen-bond donors (Lipinski definition) is 0. The van der Waals surface area contributed by atoms with Gasteiger partial charge in [-0.15, -0.1) is 15.3 Å². The van der Waals surface area contributed by atoms with Crippen LogP contribution in [0.2, 0.25) is 0 Å². The number of hydrogen-bond acceptors (Lipinski definition) is 6. The van der Waals surface area contributed by atoms with E-state index in [0.29, 0.717) is 5.82 Å². The Hall–Kier alpha value is -2.93. The smallest absolute Gasteiger partial charge is 0.235 e. The number of nitrogens with zero attached hydrogens (tertiary/aromatic N) is 4. The van der Waals surface area contributed by atoms with E-state index in [4.69, 9.17) is 8.83 Å². The highest BCUT2D eigenvalue weighted by Gasteiger charge is 2.18. The minimum absolute atomic E-state index is 0.671. The van der Waals surface area contributed by atoms with E-state index < -0.39 is 0 Å². The van der Waals surface area contributed by atoms with Gasteiger partial charge in [0.1, 0.15) is 11.3 Å². The standard InChI is InChI=1S/C16H10N4O2S/c1-9-11(6-7-21-9)14-17-18-16-20(14)19-15(23-16)13-8-10-4-2-3-5-12(10)22-13/h2-8H,1H3. The minimum atomic E-state index is 0.671. The van der Waals surface area contributed by atoms with Crippen molar-refractivity contribution in [2.45, 2.75) is 6.92 Å². The Labute approximate surface area is 134 Å². The molecule has 6 nitrogen and oxygen atoms in total. The number of aromatic nitrogens is 4. The van der Waals surface area contributed by atoms with Crippen molar-refractivity contribution in [3.05, 3.63) is 48.4 Å². The van der Waals surface area contributed by atoms with E-state index in [1.165, 1.54) is 11.3 Å². The molecule has 4 heterocycles. The molecule has 0 saturated carbocycles. The summed E-state index contributed by atoms with van der Waals surface area (Å²) in [6, 6.07) is 11.8. The maximum atomic E-state index is 5.88. The second kappa shape index (κ2) is 4.53. The lowest BCUT2D eigenvalue weighted by Gasteiger charge is -1.93. The van der Waals surface area contributed by atoms with E-state index in [1.807, 2.05) is 43.3 Å². The van der Waals surface area contributed by atoms with Crippen LogP contribution in [0.3, 0.4) is 0 Å². The number of benzene rings is 1. The molecule has 0 aliphatic carbocycles. The number of furan rings is 2. The predicted octanol–water partition coefficient (Wildman–Crippen LogP) is 4.17. The van der Waals surface area contributed by atoms with Crippen LogP contribution in [0, 0.1) is 6.92 Å². The monoisotopic (exact) mass is 322 g/mol. The first-order chi connectivity index (χ1) is 11.3. The molecular formula is C16H10N4O2S. The molecule has 0 bridgehead atoms. The molecule has 0 spiro atoms. The van der Waals surface area contributed by atoms with E-state index in [9.17, 15) is 0 Å². The predicted molar refractivity (Wildman–Crippen MR) is 86.3 cm³/mol. The zero-order valence-corrected chi connectivity index (χ0v) is 12.9. The van der Waals surface area contributed by atoms with Gasteiger partial charge in [0.25, 0.3) is 0 Å². The minimum Gasteiger partial charge on any atom is -0.469 e. The molecule has 0 aliphatic heterocycles. The van der Waals surface area contributed by atoms with Crippen LogP contribution in [0.5, 0.6) is 0 Å². The highest BCUT2D eigenvalue weighted by molar-refractivity contribution is 7.19. The molecule has 0 N–H and O–H groups in total. The molecule has 0 unspecified atom stereocenters. The molecule has 5 rings (SSSR count). The van der Waals surface area contributed by atoms with Gasteiger partial charge in [-0.1, -0.05) is 29.5 Å². The summed E-state index contributed by atoms with van der Waals surface area (Å²) in [4.78, 5) is 0.719. The Balaban J connectivity index is 1.69. The highest BCUT2D eigenvalue weighted by Crippen LogP contribution is 2.32. The summed E-state index contributed by atoms with van der Waals surface area (Å²) < 4.78 is 12.9. The van der Waals surface area contributed by atoms with Gasteiger partial charge in [-0.3, -0.25) is 0 Å². The lowest BCUT2D eigenvalue weighted by Crippen LogP contribution is -1.90. The fraction of sp³-hybridized carbons (Fsp3) is 0.0625. The van der Waals surface area contributed by atoms with Crippen molar-refractivity contribution >= 4 is 27.3 Å². The lowest BCUT2D eigenvalue weighted by atomic mass is 10.2. The Morgan fingerprint density at radius 3 is 2.87 bits per heavy atom. The van der Waals surface area contributed by atoms with Crippen molar-refractivity contribution in [1.82, 2.24) is 19.8 Å². The van der Waals surface area contributed by atoms with Gasteiger partial charge in [-0.25, -0.2) is 0 Å². The average molecular weight is 322 g/mol. The van der Waals surface area contributed by atoms with Crippen molar-refractivity contribution in [1.29, 1.82) is 0 Å². The van der Waals surface area contributed by atoms with Crippen molar-refractivity contribution < 1.29 is 8.83 Å². The molecule has 0 saturated heterocycles. The van der Waals surface area contributed by atoms with Gasteiger partial charge in [-0.05, 0) is 25.1 Å². The summed E-state index contributed by atoms with van der Waals surface area (Å²) in [5.41, 5.74) is 1.73. The topological polar surface area (TPSA) is 69.4 Å². The molecular weight excluding hydrogens is 312 g/mol. The SMILES string of the molecule is Cc1occc1-c1nnc2sc(-c3cc4ccccc4o3)nn12. The van der Waals surface area contributed by atoms with Crippen molar-refractivity contribution in [3.63, 3.8) is 0 Å². The summed E-state index contributed by atoms with van der Waals surface area (Å²) in [6.07, 6.45) is 1.64. The molecule has 5 aromatic rings. The fourth-order valence-corrected chi connectivity index (χ4v) is 3.38. The molecule has 112 valence electrons. The third-order valence-electron chi connectivity index (χ3n) is 3.73. The van der Waals surface area contributed by atoms with E-state index in [-0.39, 0.29) is 0 Å². The first-order valence-corrected chi connectivity index (χ1v) is 7.87. The Morgan fingerprint density at radius 1 is 1.13 bits per heavy atom. The molecule has 0 atom stereocenters. The first kappa shape index (κ1) is 12.6. The van der Waals surface area contributed by atoms with Gasteiger partial charge in [0.2, 0.25) is 4.96 Å². The number of rotatable bonds is 2. The van der Waals surface area contributed by atoms with E-state index in [2.05, 4.69) is 15.3 Å². The maximum absolute atomic E-state index is 5.88. The zero-order valence-electron chi connectivity index (χ0n) is 12.1. The van der Waals surface area contributed by atoms with Crippen LogP contribution < -0.4 is 0 Å². The van der Waals surface area contributed by atoms with Crippen molar-refractivity contribution in [3.8, 4) is 22.2 Å². The molecule has 7 heteroatoms. The first-order valence-electron chi connectivity index (χ1n) is 7.05. The van der Waals surface area contributed by atoms with Crippen LogP contribution in [0.1, 0.15) is 5.76 Å². The fourth-order valence-electron chi connectivity index (χ4n) is 2.59. The largest absolute Gasteiger partial charge is 0.469 e. The molecule has 4 aromatic heterocycles. The summed E-state index contributed by atoms with van der Waals surface area (Å²) in [7, 11) is 0. The average Bonchev–Trinajstić information content (AvgIpc) is 3.28. The molecule has 0 amide bonds. The molecule has 23 heavy (non-hydrogen) atoms. The normalized spacial score (nSPS) is 11.7. The summed E-state index contributed by atoms with van der Waals surface area (Å²) in [5.74, 6) is 2.19. The van der Waals surface area contributed by atoms with Gasteiger partial charge in [-0.2, -0.15) is 4.52 Å². The third-order valence-corrected chi connectivity index (χ3v) is 4.64. The number of para-hydroxylation sites is 1. The van der Waals surface area contributed by atoms with Gasteiger partial charge < -0.3 is 8.83 Å². The maximum Gasteiger partial charge on any atom is 0.235 e. The van der Waals surface area contributed by atoms with Gasteiger partial charge in [0.05, 0.1) is 11.8 Å². The lowest BCUT2D eigenvalue weighted by molar-refractivity contribution is 0.535. The summed E-state index contributed by atoms with van der Waals surface area (Å²) in [5, 5.41) is 14.8. The second-order valence-electron chi connectivity index (χ2n) is 5.16. The quantitative estimate of drug-likeness (QED) is 0.488. The van der Waals surface area contributed by atoms with E-state index in [0.717, 1.165) is 38.0 Å². The molecule has 0 aliphatic rings. The molecule has 1 aromatic carbocycles. The van der Waals surface area contributed by atoms with Crippen LogP contribution in [0.25, 0.3) is 38.1 Å². The number of fused-ring (bicyclic) bond motifs is 2. The van der Waals surface area contributed by atoms with Crippen LogP contribution in [0.15, 0.2) is 51.5 Å². The van der Waals surface area contributed by atoms with Crippen molar-refractivity contribution in [2.24, 2.45) is 0 Å². The molecule has 0 fully saturated rings. The Bertz CT molecular complexity index is 1110. The van der Waals surface area contributed by atoms with Crippen LogP contribution >= 0.6 is 11.3 Å². The van der Waals surface area contributed by atoms with Gasteiger partial charge in [0.15, 0.2) is 16.6 Å². The Kier molecular flexibility index (Phi) is 2.48. The Morgan fingerprint density at radius 2 is 2.04 bits per heavy atom. The van der Waals surface area contributed by atoms with Crippen molar-refractivity contribution in [2.75, 3.05) is 0 Å². The summed E-state index contributed by atoms with van der Waals surface area (Å²) in [6.45, 7) is 1.89. The summed E-state index contributed by atoms with van der Waals surface area (Å²) >= 11 is 1.44. The third kappa shape index (κ3) is 1.83. The van der Waals surface area contributed by atoms with E-state index in [1.54, 1.807) is 10.8 Å². The van der Waals surface area contributed by atoms with Crippen LogP contribution in [-0.4, -0.2) is 19.8 Å². The number of aryl methyl sites for hydroxylation is 1. The zero-order chi connectivity index (χ0) is 15.4. The second-order valence-corrected chi connectivity index (χ2v) is 6.12. The van der Waals surface area contributed by atoms with E-state index >= 15 is 0 Å².